The molecule has 16 nitrogen and oxygen atoms in total. The number of ketones is 2. The number of halogens is 8. The minimum absolute atomic E-state index is 0.00230. The fraction of sp³-hybridized carbons (Fsp3) is 0.191. The fourth-order valence-electron chi connectivity index (χ4n) is 15.5. The molecule has 24 heteroatoms. The number of esters is 2. The Labute approximate surface area is 670 Å². The normalized spacial score (nSPS) is 12.2. The van der Waals surface area contributed by atoms with Crippen molar-refractivity contribution in [1.82, 2.24) is 9.13 Å². The molecule has 0 aliphatic carbocycles. The van der Waals surface area contributed by atoms with Crippen molar-refractivity contribution in [2.75, 3.05) is 26.4 Å². The summed E-state index contributed by atoms with van der Waals surface area (Å²) in [5.41, 5.74) is 10.5. The van der Waals surface area contributed by atoms with Gasteiger partial charge in [0.2, 0.25) is 0 Å². The van der Waals surface area contributed by atoms with E-state index in [0.717, 1.165) is 47.2 Å². The van der Waals surface area contributed by atoms with E-state index < -0.39 is 75.0 Å². The summed E-state index contributed by atoms with van der Waals surface area (Å²) in [5, 5.41) is 12.9. The quantitative estimate of drug-likeness (QED) is 0.00901. The summed E-state index contributed by atoms with van der Waals surface area (Å²) in [4.78, 5) is 95.1. The van der Waals surface area contributed by atoms with Gasteiger partial charge < -0.3 is 37.8 Å². The van der Waals surface area contributed by atoms with Gasteiger partial charge in [0.15, 0.2) is 24.8 Å². The Hall–Kier alpha value is -13.6. The minimum atomic E-state index is -4.54. The van der Waals surface area contributed by atoms with E-state index in [1.54, 1.807) is 97.1 Å². The first-order chi connectivity index (χ1) is 56.5. The van der Waals surface area contributed by atoms with Crippen LogP contribution >= 0.6 is 0 Å². The number of hydrogen-bond acceptors (Lipinski definition) is 14. The zero-order chi connectivity index (χ0) is 83.8. The molecule has 0 radical (unpaired) electrons. The molecule has 14 aromatic rings. The third-order valence-corrected chi connectivity index (χ3v) is 20.5. The molecule has 0 atom stereocenters. The Bertz CT molecular complexity index is 6070. The number of nitrogens with zero attached hydrogens (tertiary/aromatic N) is 4. The van der Waals surface area contributed by atoms with E-state index in [1.165, 1.54) is 48.5 Å². The number of rotatable bonds is 27. The highest BCUT2D eigenvalue weighted by Gasteiger charge is 2.43. The second kappa shape index (κ2) is 33.3. The number of fused-ring (bicyclic) bond motifs is 10. The molecule has 0 aliphatic heterocycles. The molecule has 598 valence electrons. The van der Waals surface area contributed by atoms with Crippen molar-refractivity contribution in [2.45, 2.75) is 93.2 Å². The van der Waals surface area contributed by atoms with Crippen LogP contribution in [-0.4, -0.2) is 107 Å². The smallest absolute Gasteiger partial charge is 0.340 e. The molecule has 0 saturated heterocycles. The second-order valence-electron chi connectivity index (χ2n) is 28.9. The topological polar surface area (TPSA) is 192 Å². The van der Waals surface area contributed by atoms with Gasteiger partial charge in [0.05, 0.1) is 22.2 Å². The Morgan fingerprint density at radius 2 is 0.703 bits per heavy atom. The highest BCUT2D eigenvalue weighted by atomic mass is 19.3. The molecule has 2 aromatic heterocycles. The molecule has 0 spiro atoms. The summed E-state index contributed by atoms with van der Waals surface area (Å²) in [6.45, 7) is 9.34. The third kappa shape index (κ3) is 16.1. The van der Waals surface area contributed by atoms with Gasteiger partial charge in [-0.1, -0.05) is 167 Å². The van der Waals surface area contributed by atoms with Gasteiger partial charge in [-0.2, -0.15) is 17.6 Å². The molecule has 12 aromatic carbocycles. The molecule has 0 saturated carbocycles. The maximum atomic E-state index is 15.2. The molecular formula is C94H74F8N4O12. The van der Waals surface area contributed by atoms with Gasteiger partial charge in [0, 0.05) is 115 Å². The summed E-state index contributed by atoms with van der Waals surface area (Å²) in [7, 11) is 0. The molecule has 0 N–H and O–H groups in total. The fourth-order valence-corrected chi connectivity index (χ4v) is 15.5. The Morgan fingerprint density at radius 3 is 1.06 bits per heavy atom. The van der Waals surface area contributed by atoms with Crippen LogP contribution in [0, 0.1) is 41.5 Å². The number of para-hydroxylation sites is 2. The van der Waals surface area contributed by atoms with Crippen molar-refractivity contribution in [3.8, 4) is 11.5 Å². The van der Waals surface area contributed by atoms with Crippen molar-refractivity contribution in [2.24, 2.45) is 10.3 Å². The lowest BCUT2D eigenvalue weighted by Gasteiger charge is -2.18. The zero-order valence-electron chi connectivity index (χ0n) is 64.9. The minimum Gasteiger partial charge on any atom is -0.486 e. The van der Waals surface area contributed by atoms with E-state index in [0.29, 0.717) is 98.5 Å². The van der Waals surface area contributed by atoms with Crippen molar-refractivity contribution < 1.29 is 92.5 Å². The molecule has 0 unspecified atom stereocenters. The second-order valence-corrected chi connectivity index (χ2v) is 28.9. The highest BCUT2D eigenvalue weighted by Crippen LogP contribution is 2.43. The van der Waals surface area contributed by atoms with E-state index >= 15 is 9.59 Å². The van der Waals surface area contributed by atoms with Crippen LogP contribution in [0.5, 0.6) is 11.5 Å². The highest BCUT2D eigenvalue weighted by molar-refractivity contribution is 6.29. The van der Waals surface area contributed by atoms with Crippen molar-refractivity contribution in [3.05, 3.63) is 319 Å². The van der Waals surface area contributed by atoms with Crippen LogP contribution < -0.4 is 9.47 Å². The third-order valence-electron chi connectivity index (χ3n) is 20.5. The van der Waals surface area contributed by atoms with Crippen LogP contribution in [0.4, 0.5) is 35.1 Å². The van der Waals surface area contributed by atoms with E-state index in [-0.39, 0.29) is 81.0 Å². The number of ether oxygens (including phenoxy) is 4. The first kappa shape index (κ1) is 80.9. The number of carbonyl (C=O) groups excluding carboxylic acids is 6. The van der Waals surface area contributed by atoms with Crippen molar-refractivity contribution in [3.63, 3.8) is 0 Å². The van der Waals surface area contributed by atoms with Crippen LogP contribution in [0.3, 0.4) is 0 Å². The maximum Gasteiger partial charge on any atom is 0.340 e. The van der Waals surface area contributed by atoms with E-state index in [1.807, 2.05) is 123 Å². The monoisotopic (exact) mass is 1600 g/mol. The number of benzene rings is 12. The molecule has 2 heterocycles. The lowest BCUT2D eigenvalue weighted by Crippen LogP contribution is -2.34. The first-order valence-electron chi connectivity index (χ1n) is 37.5. The van der Waals surface area contributed by atoms with Gasteiger partial charge in [-0.25, -0.2) is 36.7 Å². The van der Waals surface area contributed by atoms with Crippen molar-refractivity contribution in [1.29, 1.82) is 0 Å². The predicted molar refractivity (Wildman–Crippen MR) is 434 cm³/mol. The largest absolute Gasteiger partial charge is 0.486 e. The summed E-state index contributed by atoms with van der Waals surface area (Å²) in [6.07, 6.45) is -8.09. The summed E-state index contributed by atoms with van der Waals surface area (Å²) in [5.74, 6) is -13.4. The number of alkyl halides is 8. The Morgan fingerprint density at radius 1 is 0.373 bits per heavy atom. The van der Waals surface area contributed by atoms with Gasteiger partial charge in [0.25, 0.3) is 0 Å². The molecule has 118 heavy (non-hydrogen) atoms. The SMILES string of the molecule is CC(=O)ON=C(c1ccc2c(c1)c1cc(C(=O)c3c(C)cc(C)cc3C)c3ccccc3c1n2Cc1ccccc1C(=O)OCCOC(=O)c1ccccc1Cn1c2ccc(C(=NOC(C)=O)c3ccccc3OCC(F)(F)C(F)F)cc2c2cc(C(=O)c3c(C)cc(C)cc3C)c3ccccc3c21)c1ccccc1OCC(F)(F)C(F)F. The molecule has 0 aliphatic rings. The molecule has 0 amide bonds. The lowest BCUT2D eigenvalue weighted by molar-refractivity contribution is -0.148. The number of oxime groups is 2. The van der Waals surface area contributed by atoms with Gasteiger partial charge in [-0.15, -0.1) is 0 Å². The number of carbonyl (C=O) groups is 6. The van der Waals surface area contributed by atoms with Gasteiger partial charge in [-0.05, 0) is 158 Å². The Balaban J connectivity index is 0.796. The molecular weight excluding hydrogens is 1530 g/mol. The average Bonchev–Trinajstić information content (AvgIpc) is 1.56. The molecule has 0 bridgehead atoms. The number of hydrogen-bond donors (Lipinski definition) is 0. The van der Waals surface area contributed by atoms with Crippen LogP contribution in [0.1, 0.15) is 133 Å². The van der Waals surface area contributed by atoms with Crippen molar-refractivity contribution >= 4 is 112 Å². The standard InChI is InChI=1S/C94H74F8N4O12/c1-51-39-53(3)81(54(4)40-51)87(109)75-45-73-71-43-59(83(103-117-57(7)107)69-29-17-19-31-79(69)115-49-93(99,100)91(95)96)33-35-77(71)105(85(73)67-27-15-13-25-65(67)75)47-61-21-9-11-23-63(61)89(111)113-37-38-114-90(112)64-24-12-10-22-62(64)48-106-78-36-34-60(84(104-118-58(8)108)70-30-18-20-32-80(70)116-50-94(101,102)92(97)98)44-72(78)74-46-76(66-26-14-16-28-68(66)86(74)106)88(110)82-55(5)41-52(2)42-56(82)6/h9-36,39-46,91-92H,37-38,47-50H2,1-8H3. The number of aromatic nitrogens is 2. The average molecular weight is 1600 g/mol. The summed E-state index contributed by atoms with van der Waals surface area (Å²) < 4.78 is 138. The Kier molecular flexibility index (Phi) is 22.8. The van der Waals surface area contributed by atoms with E-state index in [9.17, 15) is 54.3 Å². The van der Waals surface area contributed by atoms with E-state index in [2.05, 4.69) is 10.3 Å². The summed E-state index contributed by atoms with van der Waals surface area (Å²) in [6, 6.07) is 61.0. The molecule has 0 fully saturated rings. The predicted octanol–water partition coefficient (Wildman–Crippen LogP) is 20.8. The maximum absolute atomic E-state index is 15.2. The summed E-state index contributed by atoms with van der Waals surface area (Å²) >= 11 is 0. The van der Waals surface area contributed by atoms with Crippen LogP contribution in [0.15, 0.2) is 229 Å². The van der Waals surface area contributed by atoms with Crippen LogP contribution in [0.2, 0.25) is 0 Å². The first-order valence-corrected chi connectivity index (χ1v) is 37.5. The van der Waals surface area contributed by atoms with Gasteiger partial charge in [0.1, 0.15) is 36.1 Å². The zero-order valence-corrected chi connectivity index (χ0v) is 64.9. The van der Waals surface area contributed by atoms with Crippen LogP contribution in [0.25, 0.3) is 65.2 Å². The lowest BCUT2D eigenvalue weighted by atomic mass is 9.89. The van der Waals surface area contributed by atoms with Gasteiger partial charge in [-0.3, -0.25) is 9.59 Å². The molecule has 14 rings (SSSR count). The van der Waals surface area contributed by atoms with Gasteiger partial charge >= 0.3 is 48.6 Å². The number of aryl methyl sites for hydroxylation is 6. The van der Waals surface area contributed by atoms with E-state index in [4.69, 9.17) is 28.6 Å². The van der Waals surface area contributed by atoms with Crippen LogP contribution in [-0.2, 0) is 41.8 Å².